The van der Waals surface area contributed by atoms with E-state index in [1.54, 1.807) is 10.7 Å². The SMILES string of the molecule is CCNCc1cccc(F)c1Sc1cc(C)nn1C. The van der Waals surface area contributed by atoms with Crippen LogP contribution in [0.2, 0.25) is 0 Å². The summed E-state index contributed by atoms with van der Waals surface area (Å²) in [6.45, 7) is 5.51. The van der Waals surface area contributed by atoms with Gasteiger partial charge in [0.05, 0.1) is 15.6 Å². The molecule has 2 aromatic rings. The van der Waals surface area contributed by atoms with Gasteiger partial charge in [0.15, 0.2) is 0 Å². The molecule has 102 valence electrons. The molecule has 5 heteroatoms. The molecule has 0 radical (unpaired) electrons. The van der Waals surface area contributed by atoms with E-state index in [0.717, 1.165) is 22.8 Å². The van der Waals surface area contributed by atoms with Gasteiger partial charge in [0.25, 0.3) is 0 Å². The third-order valence-electron chi connectivity index (χ3n) is 2.78. The topological polar surface area (TPSA) is 29.9 Å². The van der Waals surface area contributed by atoms with Crippen LogP contribution in [0.15, 0.2) is 34.2 Å². The lowest BCUT2D eigenvalue weighted by molar-refractivity contribution is 0.590. The highest BCUT2D eigenvalue weighted by atomic mass is 32.2. The summed E-state index contributed by atoms with van der Waals surface area (Å²) in [4.78, 5) is 0.673. The molecular formula is C14H18FN3S. The minimum Gasteiger partial charge on any atom is -0.313 e. The van der Waals surface area contributed by atoms with E-state index in [4.69, 9.17) is 0 Å². The summed E-state index contributed by atoms with van der Waals surface area (Å²) in [5.41, 5.74) is 1.92. The predicted octanol–water partition coefficient (Wildman–Crippen LogP) is 3.13. The molecule has 0 unspecified atom stereocenters. The van der Waals surface area contributed by atoms with Gasteiger partial charge in [-0.1, -0.05) is 30.8 Å². The number of nitrogens with one attached hydrogen (secondary N) is 1. The first-order valence-electron chi connectivity index (χ1n) is 6.28. The van der Waals surface area contributed by atoms with Crippen molar-refractivity contribution in [3.05, 3.63) is 41.3 Å². The molecule has 2 rings (SSSR count). The molecule has 0 spiro atoms. The van der Waals surface area contributed by atoms with E-state index in [-0.39, 0.29) is 5.82 Å². The average molecular weight is 279 g/mol. The van der Waals surface area contributed by atoms with Crippen molar-refractivity contribution in [2.45, 2.75) is 30.3 Å². The van der Waals surface area contributed by atoms with Crippen molar-refractivity contribution < 1.29 is 4.39 Å². The van der Waals surface area contributed by atoms with Gasteiger partial charge in [-0.15, -0.1) is 0 Å². The predicted molar refractivity (Wildman–Crippen MR) is 75.8 cm³/mol. The number of benzene rings is 1. The highest BCUT2D eigenvalue weighted by molar-refractivity contribution is 7.99. The minimum atomic E-state index is -0.181. The van der Waals surface area contributed by atoms with E-state index in [0.29, 0.717) is 11.4 Å². The van der Waals surface area contributed by atoms with E-state index in [1.165, 1.54) is 17.8 Å². The van der Waals surface area contributed by atoms with Crippen molar-refractivity contribution in [2.75, 3.05) is 6.54 Å². The van der Waals surface area contributed by atoms with Gasteiger partial charge in [-0.2, -0.15) is 5.10 Å². The summed E-state index contributed by atoms with van der Waals surface area (Å²) >= 11 is 1.42. The molecule has 0 saturated heterocycles. The second-order valence-corrected chi connectivity index (χ2v) is 5.39. The van der Waals surface area contributed by atoms with Crippen LogP contribution in [0.5, 0.6) is 0 Å². The van der Waals surface area contributed by atoms with Crippen molar-refractivity contribution in [3.8, 4) is 0 Å². The molecule has 3 nitrogen and oxygen atoms in total. The first kappa shape index (κ1) is 14.1. The zero-order valence-corrected chi connectivity index (χ0v) is 12.2. The number of nitrogens with zero attached hydrogens (tertiary/aromatic N) is 2. The van der Waals surface area contributed by atoms with Crippen LogP contribution in [0.1, 0.15) is 18.2 Å². The summed E-state index contributed by atoms with van der Waals surface area (Å²) in [6, 6.07) is 7.17. The van der Waals surface area contributed by atoms with Crippen molar-refractivity contribution in [2.24, 2.45) is 7.05 Å². The van der Waals surface area contributed by atoms with Gasteiger partial charge in [0.1, 0.15) is 5.82 Å². The Morgan fingerprint density at radius 3 is 2.84 bits per heavy atom. The summed E-state index contributed by atoms with van der Waals surface area (Å²) in [5, 5.41) is 8.47. The molecule has 19 heavy (non-hydrogen) atoms. The summed E-state index contributed by atoms with van der Waals surface area (Å²) in [5.74, 6) is -0.181. The van der Waals surface area contributed by atoms with Crippen LogP contribution in [0, 0.1) is 12.7 Å². The highest BCUT2D eigenvalue weighted by Crippen LogP contribution is 2.32. The Kier molecular flexibility index (Phi) is 4.61. The number of halogens is 1. The smallest absolute Gasteiger partial charge is 0.137 e. The summed E-state index contributed by atoms with van der Waals surface area (Å²) in [6.07, 6.45) is 0. The Morgan fingerprint density at radius 2 is 2.21 bits per heavy atom. The summed E-state index contributed by atoms with van der Waals surface area (Å²) < 4.78 is 15.8. The quantitative estimate of drug-likeness (QED) is 0.912. The number of hydrogen-bond acceptors (Lipinski definition) is 3. The average Bonchev–Trinajstić information content (AvgIpc) is 2.68. The zero-order chi connectivity index (χ0) is 13.8. The van der Waals surface area contributed by atoms with Crippen molar-refractivity contribution in [1.29, 1.82) is 0 Å². The van der Waals surface area contributed by atoms with Crippen LogP contribution >= 0.6 is 11.8 Å². The third kappa shape index (κ3) is 3.36. The molecule has 1 N–H and O–H groups in total. The van der Waals surface area contributed by atoms with E-state index in [2.05, 4.69) is 10.4 Å². The molecule has 1 aromatic carbocycles. The van der Waals surface area contributed by atoms with Gasteiger partial charge in [-0.25, -0.2) is 4.39 Å². The zero-order valence-electron chi connectivity index (χ0n) is 11.4. The van der Waals surface area contributed by atoms with Gasteiger partial charge in [0.2, 0.25) is 0 Å². The monoisotopic (exact) mass is 279 g/mol. The molecule has 0 aliphatic rings. The molecule has 0 aliphatic carbocycles. The third-order valence-corrected chi connectivity index (χ3v) is 4.03. The largest absolute Gasteiger partial charge is 0.313 e. The molecule has 0 amide bonds. The first-order chi connectivity index (χ1) is 9.11. The molecule has 0 atom stereocenters. The van der Waals surface area contributed by atoms with Crippen LogP contribution < -0.4 is 5.32 Å². The maximum atomic E-state index is 14.0. The lowest BCUT2D eigenvalue weighted by Crippen LogP contribution is -2.12. The minimum absolute atomic E-state index is 0.181. The number of aromatic nitrogens is 2. The number of hydrogen-bond donors (Lipinski definition) is 1. The fourth-order valence-electron chi connectivity index (χ4n) is 1.85. The Labute approximate surface area is 117 Å². The van der Waals surface area contributed by atoms with Crippen LogP contribution in [-0.4, -0.2) is 16.3 Å². The lowest BCUT2D eigenvalue weighted by atomic mass is 10.2. The van der Waals surface area contributed by atoms with Crippen molar-refractivity contribution in [3.63, 3.8) is 0 Å². The fourth-order valence-corrected chi connectivity index (χ4v) is 2.90. The second kappa shape index (κ2) is 6.21. The van der Waals surface area contributed by atoms with E-state index < -0.39 is 0 Å². The van der Waals surface area contributed by atoms with Crippen LogP contribution in [0.3, 0.4) is 0 Å². The molecule has 0 fully saturated rings. The fraction of sp³-hybridized carbons (Fsp3) is 0.357. The van der Waals surface area contributed by atoms with Gasteiger partial charge >= 0.3 is 0 Å². The standard InChI is InChI=1S/C14H18FN3S/c1-4-16-9-11-6-5-7-12(15)14(11)19-13-8-10(2)17-18(13)3/h5-8,16H,4,9H2,1-3H3. The molecule has 1 aromatic heterocycles. The molecule has 0 saturated carbocycles. The van der Waals surface area contributed by atoms with Gasteiger partial charge in [-0.3, -0.25) is 4.68 Å². The summed E-state index contributed by atoms with van der Waals surface area (Å²) in [7, 11) is 1.88. The van der Waals surface area contributed by atoms with Crippen LogP contribution in [-0.2, 0) is 13.6 Å². The Bertz CT molecular complexity index is 566. The van der Waals surface area contributed by atoms with Gasteiger partial charge in [-0.05, 0) is 31.2 Å². The molecule has 0 bridgehead atoms. The molecule has 0 aliphatic heterocycles. The highest BCUT2D eigenvalue weighted by Gasteiger charge is 2.12. The normalized spacial score (nSPS) is 10.9. The van der Waals surface area contributed by atoms with E-state index >= 15 is 0 Å². The number of rotatable bonds is 5. The Hall–Kier alpha value is -1.33. The van der Waals surface area contributed by atoms with Gasteiger partial charge < -0.3 is 5.32 Å². The molecule has 1 heterocycles. The van der Waals surface area contributed by atoms with Crippen molar-refractivity contribution >= 4 is 11.8 Å². The first-order valence-corrected chi connectivity index (χ1v) is 7.10. The van der Waals surface area contributed by atoms with E-state index in [9.17, 15) is 4.39 Å². The lowest BCUT2D eigenvalue weighted by Gasteiger charge is -2.10. The number of aryl methyl sites for hydroxylation is 2. The van der Waals surface area contributed by atoms with Crippen LogP contribution in [0.4, 0.5) is 4.39 Å². The van der Waals surface area contributed by atoms with Crippen molar-refractivity contribution in [1.82, 2.24) is 15.1 Å². The van der Waals surface area contributed by atoms with Gasteiger partial charge in [0, 0.05) is 13.6 Å². The second-order valence-electron chi connectivity index (χ2n) is 4.36. The Balaban J connectivity index is 2.30. The van der Waals surface area contributed by atoms with E-state index in [1.807, 2.05) is 33.0 Å². The maximum Gasteiger partial charge on any atom is 0.137 e. The maximum absolute atomic E-state index is 14.0. The molecular weight excluding hydrogens is 261 g/mol. The Morgan fingerprint density at radius 1 is 1.42 bits per heavy atom. The van der Waals surface area contributed by atoms with Crippen LogP contribution in [0.25, 0.3) is 0 Å².